The number of carbonyl (C=O) groups is 1. The molecule has 0 saturated heterocycles. The molecular weight excluding hydrogens is 338 g/mol. The molecule has 0 saturated carbocycles. The normalized spacial score (nSPS) is 13.8. The van der Waals surface area contributed by atoms with Crippen molar-refractivity contribution in [1.29, 1.82) is 0 Å². The number of ether oxygens (including phenoxy) is 1. The van der Waals surface area contributed by atoms with E-state index < -0.39 is 15.9 Å². The van der Waals surface area contributed by atoms with Crippen molar-refractivity contribution in [2.24, 2.45) is 0 Å². The molecule has 0 spiro atoms. The second-order valence-corrected chi connectivity index (χ2v) is 8.16. The third-order valence-electron chi connectivity index (χ3n) is 3.87. The van der Waals surface area contributed by atoms with Crippen LogP contribution in [0.4, 0.5) is 0 Å². The van der Waals surface area contributed by atoms with E-state index in [1.54, 1.807) is 31.2 Å². The van der Waals surface area contributed by atoms with Gasteiger partial charge in [-0.3, -0.25) is 4.79 Å². The van der Waals surface area contributed by atoms with Crippen molar-refractivity contribution < 1.29 is 17.9 Å². The molecule has 2 rings (SSSR count). The monoisotopic (exact) mass is 361 g/mol. The topological polar surface area (TPSA) is 72.5 Å². The largest absolute Gasteiger partial charge is 0.481 e. The molecule has 0 aliphatic carbocycles. The molecule has 0 unspecified atom stereocenters. The van der Waals surface area contributed by atoms with Crippen molar-refractivity contribution in [2.75, 3.05) is 6.26 Å². The SMILES string of the molecule is Cc1ccc(O[C@H](C)C(=O)N[C@@H](C)c2ccc(S(C)(=O)=O)cc2)cc1. The number of sulfone groups is 1. The minimum atomic E-state index is -3.23. The fraction of sp³-hybridized carbons (Fsp3) is 0.316. The summed E-state index contributed by atoms with van der Waals surface area (Å²) in [5.41, 5.74) is 1.94. The van der Waals surface area contributed by atoms with Gasteiger partial charge in [0.15, 0.2) is 15.9 Å². The predicted molar refractivity (Wildman–Crippen MR) is 97.4 cm³/mol. The molecule has 0 radical (unpaired) electrons. The van der Waals surface area contributed by atoms with Gasteiger partial charge in [0.1, 0.15) is 5.75 Å². The summed E-state index contributed by atoms with van der Waals surface area (Å²) in [6, 6.07) is 13.7. The van der Waals surface area contributed by atoms with Gasteiger partial charge in [-0.25, -0.2) is 8.42 Å². The number of hydrogen-bond donors (Lipinski definition) is 1. The number of aryl methyl sites for hydroxylation is 1. The summed E-state index contributed by atoms with van der Waals surface area (Å²) in [5.74, 6) is 0.402. The van der Waals surface area contributed by atoms with Crippen molar-refractivity contribution in [1.82, 2.24) is 5.32 Å². The highest BCUT2D eigenvalue weighted by molar-refractivity contribution is 7.90. The fourth-order valence-corrected chi connectivity index (χ4v) is 2.92. The third kappa shape index (κ3) is 5.32. The first kappa shape index (κ1) is 19.0. The number of hydrogen-bond acceptors (Lipinski definition) is 4. The van der Waals surface area contributed by atoms with Crippen LogP contribution in [0.25, 0.3) is 0 Å². The van der Waals surface area contributed by atoms with Crippen LogP contribution in [0.1, 0.15) is 31.0 Å². The molecule has 0 fully saturated rings. The number of rotatable bonds is 6. The Morgan fingerprint density at radius 2 is 1.56 bits per heavy atom. The summed E-state index contributed by atoms with van der Waals surface area (Å²) >= 11 is 0. The summed E-state index contributed by atoms with van der Waals surface area (Å²) in [6.07, 6.45) is 0.526. The van der Waals surface area contributed by atoms with Gasteiger partial charge in [-0.05, 0) is 50.6 Å². The van der Waals surface area contributed by atoms with Crippen LogP contribution >= 0.6 is 0 Å². The Kier molecular flexibility index (Phi) is 5.85. The summed E-state index contributed by atoms with van der Waals surface area (Å²) in [7, 11) is -3.23. The van der Waals surface area contributed by atoms with Gasteiger partial charge in [0.25, 0.3) is 5.91 Å². The summed E-state index contributed by atoms with van der Waals surface area (Å²) in [6.45, 7) is 5.51. The first-order valence-electron chi connectivity index (χ1n) is 8.00. The molecule has 0 aromatic heterocycles. The van der Waals surface area contributed by atoms with E-state index in [-0.39, 0.29) is 16.8 Å². The molecule has 0 heterocycles. The Hall–Kier alpha value is -2.34. The maximum absolute atomic E-state index is 12.3. The van der Waals surface area contributed by atoms with E-state index in [4.69, 9.17) is 4.74 Å². The van der Waals surface area contributed by atoms with Crippen molar-refractivity contribution in [2.45, 2.75) is 37.8 Å². The lowest BCUT2D eigenvalue weighted by molar-refractivity contribution is -0.127. The molecule has 0 aliphatic heterocycles. The average molecular weight is 361 g/mol. The molecule has 2 aromatic carbocycles. The van der Waals surface area contributed by atoms with Crippen LogP contribution in [-0.4, -0.2) is 26.7 Å². The summed E-state index contributed by atoms with van der Waals surface area (Å²) < 4.78 is 28.6. The second-order valence-electron chi connectivity index (χ2n) is 6.14. The number of nitrogens with one attached hydrogen (secondary N) is 1. The zero-order valence-electron chi connectivity index (χ0n) is 14.8. The zero-order valence-corrected chi connectivity index (χ0v) is 15.6. The van der Waals surface area contributed by atoms with E-state index in [2.05, 4.69) is 5.32 Å². The zero-order chi connectivity index (χ0) is 18.6. The van der Waals surface area contributed by atoms with E-state index in [0.717, 1.165) is 17.4 Å². The Balaban J connectivity index is 1.97. The minimum Gasteiger partial charge on any atom is -0.481 e. The number of amides is 1. The quantitative estimate of drug-likeness (QED) is 0.858. The van der Waals surface area contributed by atoms with Crippen molar-refractivity contribution in [3.05, 3.63) is 59.7 Å². The molecule has 0 aliphatic rings. The van der Waals surface area contributed by atoms with Crippen molar-refractivity contribution >= 4 is 15.7 Å². The molecule has 1 amide bonds. The van der Waals surface area contributed by atoms with Gasteiger partial charge >= 0.3 is 0 Å². The lowest BCUT2D eigenvalue weighted by Gasteiger charge is -2.19. The Labute approximate surface area is 148 Å². The highest BCUT2D eigenvalue weighted by Gasteiger charge is 2.18. The van der Waals surface area contributed by atoms with Gasteiger partial charge in [0, 0.05) is 6.26 Å². The Morgan fingerprint density at radius 3 is 2.08 bits per heavy atom. The molecule has 134 valence electrons. The smallest absolute Gasteiger partial charge is 0.261 e. The summed E-state index contributed by atoms with van der Waals surface area (Å²) in [4.78, 5) is 12.5. The maximum Gasteiger partial charge on any atom is 0.261 e. The van der Waals surface area contributed by atoms with Crippen LogP contribution < -0.4 is 10.1 Å². The minimum absolute atomic E-state index is 0.236. The van der Waals surface area contributed by atoms with E-state index in [1.807, 2.05) is 38.1 Å². The van der Waals surface area contributed by atoms with Gasteiger partial charge < -0.3 is 10.1 Å². The van der Waals surface area contributed by atoms with Gasteiger partial charge in [0.05, 0.1) is 10.9 Å². The van der Waals surface area contributed by atoms with Crippen LogP contribution in [0.3, 0.4) is 0 Å². The molecule has 6 heteroatoms. The van der Waals surface area contributed by atoms with Crippen LogP contribution in [0.5, 0.6) is 5.75 Å². The first-order valence-corrected chi connectivity index (χ1v) is 9.89. The Morgan fingerprint density at radius 1 is 1.00 bits per heavy atom. The van der Waals surface area contributed by atoms with E-state index in [9.17, 15) is 13.2 Å². The van der Waals surface area contributed by atoms with Gasteiger partial charge in [-0.15, -0.1) is 0 Å². The molecule has 5 nitrogen and oxygen atoms in total. The second kappa shape index (κ2) is 7.70. The van der Waals surface area contributed by atoms with Crippen LogP contribution in [0.2, 0.25) is 0 Å². The van der Waals surface area contributed by atoms with Crippen molar-refractivity contribution in [3.63, 3.8) is 0 Å². The lowest BCUT2D eigenvalue weighted by Crippen LogP contribution is -2.37. The van der Waals surface area contributed by atoms with E-state index in [1.165, 1.54) is 0 Å². The molecule has 2 atom stereocenters. The highest BCUT2D eigenvalue weighted by Crippen LogP contribution is 2.17. The highest BCUT2D eigenvalue weighted by atomic mass is 32.2. The van der Waals surface area contributed by atoms with Crippen LogP contribution in [0, 0.1) is 6.92 Å². The van der Waals surface area contributed by atoms with Crippen LogP contribution in [0.15, 0.2) is 53.4 Å². The predicted octanol–water partition coefficient (Wildman–Crippen LogP) is 3.04. The van der Waals surface area contributed by atoms with Gasteiger partial charge in [-0.1, -0.05) is 29.8 Å². The molecule has 25 heavy (non-hydrogen) atoms. The third-order valence-corrected chi connectivity index (χ3v) is 5.00. The van der Waals surface area contributed by atoms with Gasteiger partial charge in [0.2, 0.25) is 0 Å². The fourth-order valence-electron chi connectivity index (χ4n) is 2.29. The van der Waals surface area contributed by atoms with Crippen LogP contribution in [-0.2, 0) is 14.6 Å². The average Bonchev–Trinajstić information content (AvgIpc) is 2.56. The molecule has 1 N–H and O–H groups in total. The maximum atomic E-state index is 12.3. The molecule has 0 bridgehead atoms. The number of carbonyl (C=O) groups excluding carboxylic acids is 1. The molecule has 2 aromatic rings. The Bertz CT molecular complexity index is 827. The lowest BCUT2D eigenvalue weighted by atomic mass is 10.1. The summed E-state index contributed by atoms with van der Waals surface area (Å²) in [5, 5.41) is 2.87. The first-order chi connectivity index (χ1) is 11.7. The molecular formula is C19H23NO4S. The number of benzene rings is 2. The van der Waals surface area contributed by atoms with E-state index in [0.29, 0.717) is 5.75 Å². The van der Waals surface area contributed by atoms with Gasteiger partial charge in [-0.2, -0.15) is 0 Å². The van der Waals surface area contributed by atoms with E-state index >= 15 is 0 Å². The standard InChI is InChI=1S/C19H23NO4S/c1-13-5-9-17(10-6-13)24-15(3)19(21)20-14(2)16-7-11-18(12-8-16)25(4,22)23/h5-12,14-15H,1-4H3,(H,20,21)/t14-,15+/m0/s1. The van der Waals surface area contributed by atoms with Crippen molar-refractivity contribution in [3.8, 4) is 5.75 Å².